The summed E-state index contributed by atoms with van der Waals surface area (Å²) in [5.41, 5.74) is 0.366. The zero-order valence-electron chi connectivity index (χ0n) is 9.92. The maximum Gasteiger partial charge on any atom is 0.142 e. The number of benzene rings is 1. The molecule has 1 saturated heterocycles. The van der Waals surface area contributed by atoms with Gasteiger partial charge in [-0.25, -0.2) is 4.39 Å². The summed E-state index contributed by atoms with van der Waals surface area (Å²) >= 11 is 5.62. The first-order chi connectivity index (χ1) is 8.02. The molecule has 94 valence electrons. The summed E-state index contributed by atoms with van der Waals surface area (Å²) in [4.78, 5) is 2.11. The summed E-state index contributed by atoms with van der Waals surface area (Å²) in [6.45, 7) is 4.07. The Morgan fingerprint density at radius 2 is 2.18 bits per heavy atom. The van der Waals surface area contributed by atoms with Gasteiger partial charge in [-0.2, -0.15) is 0 Å². The lowest BCUT2D eigenvalue weighted by Gasteiger charge is -2.46. The summed E-state index contributed by atoms with van der Waals surface area (Å²) in [7, 11) is 0. The first kappa shape index (κ1) is 12.8. The topological polar surface area (TPSA) is 23.5 Å². The predicted octanol–water partition coefficient (Wildman–Crippen LogP) is 2.83. The smallest absolute Gasteiger partial charge is 0.142 e. The van der Waals surface area contributed by atoms with E-state index in [0.29, 0.717) is 19.6 Å². The molecule has 0 aromatic heterocycles. The molecule has 0 amide bonds. The van der Waals surface area contributed by atoms with Crippen molar-refractivity contribution in [3.63, 3.8) is 0 Å². The highest BCUT2D eigenvalue weighted by Gasteiger charge is 2.39. The molecule has 0 spiro atoms. The molecule has 2 rings (SSSR count). The lowest BCUT2D eigenvalue weighted by atomic mass is 9.89. The quantitative estimate of drug-likeness (QED) is 0.897. The van der Waals surface area contributed by atoms with Crippen molar-refractivity contribution in [1.29, 1.82) is 0 Å². The summed E-state index contributed by atoms with van der Waals surface area (Å²) in [5, 5.41) is 10.2. The molecule has 17 heavy (non-hydrogen) atoms. The maximum absolute atomic E-state index is 13.2. The van der Waals surface area contributed by atoms with Crippen LogP contribution in [0.15, 0.2) is 18.2 Å². The van der Waals surface area contributed by atoms with Crippen molar-refractivity contribution in [2.45, 2.75) is 31.9 Å². The molecule has 0 bridgehead atoms. The molecule has 1 N–H and O–H groups in total. The Morgan fingerprint density at radius 3 is 2.76 bits per heavy atom. The number of aliphatic hydroxyl groups is 1. The van der Waals surface area contributed by atoms with E-state index in [1.807, 2.05) is 6.07 Å². The van der Waals surface area contributed by atoms with Gasteiger partial charge >= 0.3 is 0 Å². The van der Waals surface area contributed by atoms with Crippen LogP contribution >= 0.6 is 11.6 Å². The van der Waals surface area contributed by atoms with E-state index in [4.69, 9.17) is 11.6 Å². The predicted molar refractivity (Wildman–Crippen MR) is 66.5 cm³/mol. The van der Waals surface area contributed by atoms with Crippen LogP contribution in [0.5, 0.6) is 0 Å². The largest absolute Gasteiger partial charge is 0.387 e. The number of β-amino-alcohol motifs (C(OH)–C–C–N with tert-alkyl or cyclic N) is 1. The van der Waals surface area contributed by atoms with E-state index >= 15 is 0 Å². The molecule has 1 aliphatic rings. The molecule has 1 heterocycles. The number of halogens is 2. The molecule has 4 heteroatoms. The molecule has 0 atom stereocenters. The zero-order valence-corrected chi connectivity index (χ0v) is 10.7. The third-order valence-corrected chi connectivity index (χ3v) is 3.45. The molecule has 1 aliphatic heterocycles. The van der Waals surface area contributed by atoms with Gasteiger partial charge in [-0.15, -0.1) is 0 Å². The van der Waals surface area contributed by atoms with Gasteiger partial charge in [-0.05, 0) is 24.1 Å². The van der Waals surface area contributed by atoms with Crippen molar-refractivity contribution in [1.82, 2.24) is 4.90 Å². The number of hydrogen-bond donors (Lipinski definition) is 1. The Balaban J connectivity index is 1.89. The van der Waals surface area contributed by atoms with Crippen LogP contribution in [0.4, 0.5) is 4.39 Å². The molecule has 0 aliphatic carbocycles. The summed E-state index contributed by atoms with van der Waals surface area (Å²) < 4.78 is 13.2. The fraction of sp³-hybridized carbons (Fsp3) is 0.538. The Morgan fingerprint density at radius 1 is 1.47 bits per heavy atom. The van der Waals surface area contributed by atoms with Crippen LogP contribution in [0, 0.1) is 5.82 Å². The van der Waals surface area contributed by atoms with E-state index in [1.165, 1.54) is 6.07 Å². The van der Waals surface area contributed by atoms with Crippen molar-refractivity contribution < 1.29 is 9.50 Å². The van der Waals surface area contributed by atoms with Crippen molar-refractivity contribution in [3.8, 4) is 0 Å². The molecule has 1 aromatic carbocycles. The average Bonchev–Trinajstić information content (AvgIpc) is 2.22. The lowest BCUT2D eigenvalue weighted by molar-refractivity contribution is -0.106. The van der Waals surface area contributed by atoms with Gasteiger partial charge in [0.15, 0.2) is 0 Å². The number of hydrogen-bond acceptors (Lipinski definition) is 2. The van der Waals surface area contributed by atoms with Gasteiger partial charge in [0, 0.05) is 19.6 Å². The second kappa shape index (κ2) is 4.92. The fourth-order valence-corrected chi connectivity index (χ4v) is 2.54. The molecule has 0 saturated carbocycles. The minimum absolute atomic E-state index is 0.153. The van der Waals surface area contributed by atoms with Gasteiger partial charge in [0.05, 0.1) is 10.6 Å². The van der Waals surface area contributed by atoms with Crippen LogP contribution in [-0.4, -0.2) is 28.7 Å². The summed E-state index contributed by atoms with van der Waals surface area (Å²) in [6.07, 6.45) is 1.82. The standard InChI is InChI=1S/C13H17ClFNO/c1-2-5-13(17)8-16(9-13)7-10-3-4-11(14)12(15)6-10/h3-4,6,17H,2,5,7-9H2,1H3. The minimum atomic E-state index is -0.528. The Bertz CT molecular complexity index is 404. The van der Waals surface area contributed by atoms with Gasteiger partial charge in [0.1, 0.15) is 5.82 Å². The normalized spacial score (nSPS) is 19.1. The summed E-state index contributed by atoms with van der Waals surface area (Å²) in [5.74, 6) is -0.381. The molecule has 1 aromatic rings. The van der Waals surface area contributed by atoms with E-state index < -0.39 is 5.60 Å². The van der Waals surface area contributed by atoms with Crippen LogP contribution in [0.1, 0.15) is 25.3 Å². The zero-order chi connectivity index (χ0) is 12.5. The van der Waals surface area contributed by atoms with E-state index in [2.05, 4.69) is 11.8 Å². The first-order valence-corrected chi connectivity index (χ1v) is 6.29. The van der Waals surface area contributed by atoms with Gasteiger partial charge in [-0.1, -0.05) is 31.0 Å². The number of rotatable bonds is 4. The molecule has 0 radical (unpaired) electrons. The van der Waals surface area contributed by atoms with E-state index in [0.717, 1.165) is 18.4 Å². The second-order valence-electron chi connectivity index (χ2n) is 4.87. The highest BCUT2D eigenvalue weighted by Crippen LogP contribution is 2.27. The molecule has 0 unspecified atom stereocenters. The Labute approximate surface area is 106 Å². The van der Waals surface area contributed by atoms with Gasteiger partial charge in [0.25, 0.3) is 0 Å². The van der Waals surface area contributed by atoms with Gasteiger partial charge < -0.3 is 5.11 Å². The van der Waals surface area contributed by atoms with E-state index in [-0.39, 0.29) is 10.8 Å². The number of nitrogens with zero attached hydrogens (tertiary/aromatic N) is 1. The highest BCUT2D eigenvalue weighted by atomic mass is 35.5. The van der Waals surface area contributed by atoms with Crippen LogP contribution in [0.2, 0.25) is 5.02 Å². The fourth-order valence-electron chi connectivity index (χ4n) is 2.42. The summed E-state index contributed by atoms with van der Waals surface area (Å²) in [6, 6.07) is 4.85. The van der Waals surface area contributed by atoms with Crippen molar-refractivity contribution >= 4 is 11.6 Å². The van der Waals surface area contributed by atoms with Crippen molar-refractivity contribution in [2.75, 3.05) is 13.1 Å². The number of likely N-dealkylation sites (tertiary alicyclic amines) is 1. The van der Waals surface area contributed by atoms with Gasteiger partial charge in [-0.3, -0.25) is 4.90 Å². The van der Waals surface area contributed by atoms with Crippen LogP contribution in [0.25, 0.3) is 0 Å². The third-order valence-electron chi connectivity index (χ3n) is 3.14. The van der Waals surface area contributed by atoms with Crippen molar-refractivity contribution in [2.24, 2.45) is 0 Å². The molecular weight excluding hydrogens is 241 g/mol. The SMILES string of the molecule is CCCC1(O)CN(Cc2ccc(Cl)c(F)c2)C1. The average molecular weight is 258 g/mol. The van der Waals surface area contributed by atoms with E-state index in [1.54, 1.807) is 6.07 Å². The van der Waals surface area contributed by atoms with E-state index in [9.17, 15) is 9.50 Å². The lowest BCUT2D eigenvalue weighted by Crippen LogP contribution is -2.60. The van der Waals surface area contributed by atoms with Crippen LogP contribution in [0.3, 0.4) is 0 Å². The Hall–Kier alpha value is -0.640. The van der Waals surface area contributed by atoms with Crippen LogP contribution in [-0.2, 0) is 6.54 Å². The minimum Gasteiger partial charge on any atom is -0.387 e. The molecular formula is C13H17ClFNO. The second-order valence-corrected chi connectivity index (χ2v) is 5.28. The van der Waals surface area contributed by atoms with Crippen molar-refractivity contribution in [3.05, 3.63) is 34.6 Å². The third kappa shape index (κ3) is 2.97. The first-order valence-electron chi connectivity index (χ1n) is 5.91. The van der Waals surface area contributed by atoms with Crippen LogP contribution < -0.4 is 0 Å². The Kier molecular flexibility index (Phi) is 3.71. The van der Waals surface area contributed by atoms with Gasteiger partial charge in [0.2, 0.25) is 0 Å². The molecule has 1 fully saturated rings. The molecule has 2 nitrogen and oxygen atoms in total. The highest BCUT2D eigenvalue weighted by molar-refractivity contribution is 6.30. The maximum atomic E-state index is 13.2. The monoisotopic (exact) mass is 257 g/mol.